The zero-order valence-corrected chi connectivity index (χ0v) is 12.4. The van der Waals surface area contributed by atoms with E-state index in [1.54, 1.807) is 17.8 Å². The quantitative estimate of drug-likeness (QED) is 0.805. The number of rotatable bonds is 4. The molecule has 5 nitrogen and oxygen atoms in total. The predicted molar refractivity (Wildman–Crippen MR) is 86.3 cm³/mol. The summed E-state index contributed by atoms with van der Waals surface area (Å²) in [5.74, 6) is -0.281. The van der Waals surface area contributed by atoms with Crippen molar-refractivity contribution in [3.8, 4) is 0 Å². The number of nitrogens with one attached hydrogen (secondary N) is 1. The van der Waals surface area contributed by atoms with Gasteiger partial charge in [0, 0.05) is 23.8 Å². The number of anilines is 1. The Bertz CT molecular complexity index is 826. The first-order valence-corrected chi connectivity index (χ1v) is 7.55. The Hall–Kier alpha value is -2.73. The highest BCUT2D eigenvalue weighted by atomic mass is 32.1. The van der Waals surface area contributed by atoms with E-state index in [4.69, 9.17) is 0 Å². The molecule has 0 atom stereocenters. The molecule has 0 aliphatic heterocycles. The Morgan fingerprint density at radius 1 is 1.18 bits per heavy atom. The summed E-state index contributed by atoms with van der Waals surface area (Å²) in [5.41, 5.74) is 1.28. The topological polar surface area (TPSA) is 64.0 Å². The van der Waals surface area contributed by atoms with Crippen LogP contribution in [0.4, 0.5) is 5.13 Å². The second-order valence-electron chi connectivity index (χ2n) is 4.66. The van der Waals surface area contributed by atoms with Gasteiger partial charge in [0.15, 0.2) is 5.13 Å². The number of benzene rings is 1. The molecular weight excluding hydrogens is 298 g/mol. The minimum absolute atomic E-state index is 0.144. The highest BCUT2D eigenvalue weighted by Gasteiger charge is 2.09. The van der Waals surface area contributed by atoms with Gasteiger partial charge in [-0.1, -0.05) is 30.3 Å². The normalized spacial score (nSPS) is 10.4. The minimum atomic E-state index is -0.281. The van der Waals surface area contributed by atoms with E-state index < -0.39 is 0 Å². The standard InChI is InChI=1S/C16H13N3O2S/c20-14-7-6-13(15(21)18-16-17-8-9-22-16)11-19(14)10-12-4-2-1-3-5-12/h1-9,11H,10H2,(H,17,18,21). The molecule has 2 heterocycles. The van der Waals surface area contributed by atoms with Crippen LogP contribution in [0.2, 0.25) is 0 Å². The molecule has 22 heavy (non-hydrogen) atoms. The van der Waals surface area contributed by atoms with E-state index in [2.05, 4.69) is 10.3 Å². The van der Waals surface area contributed by atoms with Crippen molar-refractivity contribution in [1.82, 2.24) is 9.55 Å². The van der Waals surface area contributed by atoms with Gasteiger partial charge in [-0.25, -0.2) is 4.98 Å². The zero-order chi connectivity index (χ0) is 15.4. The van der Waals surface area contributed by atoms with E-state index in [0.29, 0.717) is 17.2 Å². The molecule has 3 aromatic rings. The van der Waals surface area contributed by atoms with Crippen molar-refractivity contribution < 1.29 is 4.79 Å². The Morgan fingerprint density at radius 3 is 2.73 bits per heavy atom. The zero-order valence-electron chi connectivity index (χ0n) is 11.6. The van der Waals surface area contributed by atoms with E-state index in [1.807, 2.05) is 30.3 Å². The molecular formula is C16H13N3O2S. The summed E-state index contributed by atoms with van der Waals surface area (Å²) in [6.07, 6.45) is 3.19. The number of nitrogens with zero attached hydrogens (tertiary/aromatic N) is 2. The van der Waals surface area contributed by atoms with Gasteiger partial charge in [-0.15, -0.1) is 11.3 Å². The summed E-state index contributed by atoms with van der Waals surface area (Å²) >= 11 is 1.34. The lowest BCUT2D eigenvalue weighted by molar-refractivity contribution is 0.102. The van der Waals surface area contributed by atoms with Crippen molar-refractivity contribution >= 4 is 22.4 Å². The Balaban J connectivity index is 1.83. The van der Waals surface area contributed by atoms with Gasteiger partial charge >= 0.3 is 0 Å². The number of amides is 1. The second kappa shape index (κ2) is 6.36. The smallest absolute Gasteiger partial charge is 0.258 e. The van der Waals surface area contributed by atoms with Crippen LogP contribution in [0.1, 0.15) is 15.9 Å². The molecule has 0 radical (unpaired) electrons. The van der Waals surface area contributed by atoms with Gasteiger partial charge in [-0.3, -0.25) is 14.9 Å². The fraction of sp³-hybridized carbons (Fsp3) is 0.0625. The van der Waals surface area contributed by atoms with Crippen LogP contribution in [-0.4, -0.2) is 15.5 Å². The van der Waals surface area contributed by atoms with E-state index in [-0.39, 0.29) is 11.5 Å². The van der Waals surface area contributed by atoms with Gasteiger partial charge in [-0.2, -0.15) is 0 Å². The molecule has 2 aromatic heterocycles. The molecule has 1 amide bonds. The molecule has 0 aliphatic carbocycles. The van der Waals surface area contributed by atoms with E-state index >= 15 is 0 Å². The molecule has 110 valence electrons. The maximum absolute atomic E-state index is 12.2. The second-order valence-corrected chi connectivity index (χ2v) is 5.56. The summed E-state index contributed by atoms with van der Waals surface area (Å²) in [6, 6.07) is 12.6. The molecule has 0 aliphatic rings. The minimum Gasteiger partial charge on any atom is -0.310 e. The summed E-state index contributed by atoms with van der Waals surface area (Å²) in [5, 5.41) is 5.02. The van der Waals surface area contributed by atoms with Crippen LogP contribution < -0.4 is 10.9 Å². The van der Waals surface area contributed by atoms with Crippen LogP contribution in [0.5, 0.6) is 0 Å². The maximum Gasteiger partial charge on any atom is 0.258 e. The number of aromatic nitrogens is 2. The average molecular weight is 311 g/mol. The molecule has 0 saturated heterocycles. The maximum atomic E-state index is 12.2. The van der Waals surface area contributed by atoms with E-state index in [1.165, 1.54) is 28.0 Å². The van der Waals surface area contributed by atoms with Gasteiger partial charge in [0.2, 0.25) is 0 Å². The largest absolute Gasteiger partial charge is 0.310 e. The lowest BCUT2D eigenvalue weighted by Crippen LogP contribution is -2.22. The first-order chi connectivity index (χ1) is 10.7. The third-order valence-electron chi connectivity index (χ3n) is 3.09. The SMILES string of the molecule is O=C(Nc1nccs1)c1ccc(=O)n(Cc2ccccc2)c1. The van der Waals surface area contributed by atoms with Gasteiger partial charge in [0.25, 0.3) is 11.5 Å². The van der Waals surface area contributed by atoms with Crippen molar-refractivity contribution in [2.45, 2.75) is 6.54 Å². The summed E-state index contributed by atoms with van der Waals surface area (Å²) in [7, 11) is 0. The fourth-order valence-electron chi connectivity index (χ4n) is 2.02. The molecule has 1 aromatic carbocycles. The van der Waals surface area contributed by atoms with Crippen LogP contribution in [0, 0.1) is 0 Å². The molecule has 1 N–H and O–H groups in total. The number of pyridine rings is 1. The first kappa shape index (κ1) is 14.2. The van der Waals surface area contributed by atoms with Crippen LogP contribution in [0.15, 0.2) is 65.0 Å². The Labute approximate surface area is 130 Å². The molecule has 0 unspecified atom stereocenters. The summed E-state index contributed by atoms with van der Waals surface area (Å²) in [4.78, 5) is 28.1. The van der Waals surface area contributed by atoms with Gasteiger partial charge < -0.3 is 4.57 Å². The molecule has 3 rings (SSSR count). The first-order valence-electron chi connectivity index (χ1n) is 6.67. The lowest BCUT2D eigenvalue weighted by atomic mass is 10.2. The Morgan fingerprint density at radius 2 is 2.00 bits per heavy atom. The van der Waals surface area contributed by atoms with Crippen molar-refractivity contribution in [2.75, 3.05) is 5.32 Å². The van der Waals surface area contributed by atoms with E-state index in [9.17, 15) is 9.59 Å². The third-order valence-corrected chi connectivity index (χ3v) is 3.78. The van der Waals surface area contributed by atoms with Crippen molar-refractivity contribution in [3.05, 3.63) is 81.7 Å². The van der Waals surface area contributed by atoms with Gasteiger partial charge in [0.1, 0.15) is 0 Å². The van der Waals surface area contributed by atoms with Crippen molar-refractivity contribution in [2.24, 2.45) is 0 Å². The third kappa shape index (κ3) is 3.29. The molecule has 0 bridgehead atoms. The van der Waals surface area contributed by atoms with Gasteiger partial charge in [-0.05, 0) is 11.6 Å². The van der Waals surface area contributed by atoms with Crippen LogP contribution >= 0.6 is 11.3 Å². The monoisotopic (exact) mass is 311 g/mol. The van der Waals surface area contributed by atoms with Crippen molar-refractivity contribution in [3.63, 3.8) is 0 Å². The van der Waals surface area contributed by atoms with Crippen LogP contribution in [-0.2, 0) is 6.54 Å². The number of carbonyl (C=O) groups is 1. The highest BCUT2D eigenvalue weighted by molar-refractivity contribution is 7.13. The lowest BCUT2D eigenvalue weighted by Gasteiger charge is -2.08. The molecule has 0 spiro atoms. The number of thiazole rings is 1. The molecule has 0 fully saturated rings. The van der Waals surface area contributed by atoms with Crippen LogP contribution in [0.3, 0.4) is 0 Å². The fourth-order valence-corrected chi connectivity index (χ4v) is 2.55. The van der Waals surface area contributed by atoms with Crippen LogP contribution in [0.25, 0.3) is 0 Å². The summed E-state index contributed by atoms with van der Waals surface area (Å²) < 4.78 is 1.52. The average Bonchev–Trinajstić information content (AvgIpc) is 3.03. The van der Waals surface area contributed by atoms with E-state index in [0.717, 1.165) is 5.56 Å². The molecule has 0 saturated carbocycles. The summed E-state index contributed by atoms with van der Waals surface area (Å²) in [6.45, 7) is 0.429. The molecule has 6 heteroatoms. The number of hydrogen-bond donors (Lipinski definition) is 1. The predicted octanol–water partition coefficient (Wildman–Crippen LogP) is 2.61. The van der Waals surface area contributed by atoms with Gasteiger partial charge in [0.05, 0.1) is 12.1 Å². The van der Waals surface area contributed by atoms with Crippen molar-refractivity contribution in [1.29, 1.82) is 0 Å². The number of hydrogen-bond acceptors (Lipinski definition) is 4. The number of carbonyl (C=O) groups excluding carboxylic acids is 1. The Kier molecular flexibility index (Phi) is 4.11. The highest BCUT2D eigenvalue weighted by Crippen LogP contribution is 2.12.